The normalized spacial score (nSPS) is 15.1. The third-order valence-corrected chi connectivity index (χ3v) is 7.00. The lowest BCUT2D eigenvalue weighted by Crippen LogP contribution is -2.40. The lowest BCUT2D eigenvalue weighted by atomic mass is 9.93. The molecular weight excluding hydrogens is 507 g/mol. The molecule has 38 heavy (non-hydrogen) atoms. The number of thiazole rings is 1. The monoisotopic (exact) mass is 528 g/mol. The maximum atomic E-state index is 13.8. The number of esters is 1. The first-order valence-corrected chi connectivity index (χ1v) is 12.6. The average molecular weight is 529 g/mol. The van der Waals surface area contributed by atoms with E-state index in [9.17, 15) is 18.8 Å². The van der Waals surface area contributed by atoms with Crippen molar-refractivity contribution in [3.8, 4) is 0 Å². The number of carboxylic acids is 1. The van der Waals surface area contributed by atoms with E-state index in [1.54, 1.807) is 25.1 Å². The number of ether oxygens (including phenoxy) is 1. The average Bonchev–Trinajstić information content (AvgIpc) is 3.23. The second-order valence-corrected chi connectivity index (χ2v) is 9.42. The fourth-order valence-corrected chi connectivity index (χ4v) is 5.28. The van der Waals surface area contributed by atoms with E-state index < -0.39 is 23.8 Å². The zero-order chi connectivity index (χ0) is 26.8. The summed E-state index contributed by atoms with van der Waals surface area (Å²) < 4.78 is 21.0. The van der Waals surface area contributed by atoms with E-state index >= 15 is 0 Å². The fourth-order valence-electron chi connectivity index (χ4n) is 4.27. The van der Waals surface area contributed by atoms with Gasteiger partial charge < -0.3 is 9.84 Å². The Morgan fingerprint density at radius 2 is 1.74 bits per heavy atom. The number of carbonyl (C=O) groups is 2. The van der Waals surface area contributed by atoms with Gasteiger partial charge in [0.1, 0.15) is 5.82 Å². The predicted octanol–water partition coefficient (Wildman–Crippen LogP) is 3.77. The quantitative estimate of drug-likeness (QED) is 0.384. The number of carboxylic acid groups (broad SMARTS) is 1. The highest BCUT2D eigenvalue weighted by molar-refractivity contribution is 7.07. The number of halogens is 1. The molecule has 3 aromatic carbocycles. The summed E-state index contributed by atoms with van der Waals surface area (Å²) in [5.74, 6) is -2.12. The standard InChI is InChI=1S/C29H21FN2O5S/c1-2-37-28(36)23-24(18-6-4-3-5-7-18)31-29-32(25(23)19-12-14-21(30)15-13-19)26(33)22(38-29)16-17-8-10-20(11-9-17)27(34)35/h3-16,25H,2H2,1H3,(H,34,35)/b22-16-/t25-/m1/s1. The zero-order valence-electron chi connectivity index (χ0n) is 20.1. The van der Waals surface area contributed by atoms with Gasteiger partial charge in [0.15, 0.2) is 4.80 Å². The van der Waals surface area contributed by atoms with E-state index in [0.29, 0.717) is 31.7 Å². The molecular formula is C29H21FN2O5S. The van der Waals surface area contributed by atoms with Crippen LogP contribution in [-0.4, -0.2) is 28.2 Å². The number of rotatable bonds is 6. The van der Waals surface area contributed by atoms with Gasteiger partial charge in [-0.2, -0.15) is 0 Å². The minimum Gasteiger partial charge on any atom is -0.478 e. The molecule has 0 aliphatic carbocycles. The minimum absolute atomic E-state index is 0.122. The predicted molar refractivity (Wildman–Crippen MR) is 141 cm³/mol. The van der Waals surface area contributed by atoms with Crippen LogP contribution in [0.15, 0.2) is 94.2 Å². The number of fused-ring (bicyclic) bond motifs is 1. The Bertz CT molecular complexity index is 1740. The number of nitrogens with zero attached hydrogens (tertiary/aromatic N) is 2. The summed E-state index contributed by atoms with van der Waals surface area (Å²) in [4.78, 5) is 43.4. The van der Waals surface area contributed by atoms with Crippen molar-refractivity contribution in [2.75, 3.05) is 6.61 Å². The minimum atomic E-state index is -1.05. The molecule has 1 aliphatic heterocycles. The molecule has 2 heterocycles. The third kappa shape index (κ3) is 4.71. The number of aromatic nitrogens is 1. The third-order valence-electron chi connectivity index (χ3n) is 6.01. The molecule has 5 rings (SSSR count). The smallest absolute Gasteiger partial charge is 0.338 e. The van der Waals surface area contributed by atoms with Crippen LogP contribution < -0.4 is 14.9 Å². The van der Waals surface area contributed by atoms with E-state index in [1.165, 1.54) is 41.0 Å². The van der Waals surface area contributed by atoms with Crippen molar-refractivity contribution < 1.29 is 23.8 Å². The van der Waals surface area contributed by atoms with Gasteiger partial charge in [0, 0.05) is 5.56 Å². The summed E-state index contributed by atoms with van der Waals surface area (Å²) >= 11 is 1.15. The van der Waals surface area contributed by atoms with Crippen LogP contribution in [0.3, 0.4) is 0 Å². The Morgan fingerprint density at radius 3 is 2.37 bits per heavy atom. The van der Waals surface area contributed by atoms with Crippen LogP contribution in [0.25, 0.3) is 11.8 Å². The van der Waals surface area contributed by atoms with Crippen molar-refractivity contribution in [1.82, 2.24) is 4.57 Å². The van der Waals surface area contributed by atoms with Crippen molar-refractivity contribution in [2.24, 2.45) is 4.99 Å². The Hall–Kier alpha value is -4.63. The molecule has 0 saturated heterocycles. The Kier molecular flexibility index (Phi) is 6.85. The maximum absolute atomic E-state index is 13.8. The topological polar surface area (TPSA) is 98.0 Å². The molecule has 0 bridgehead atoms. The fraction of sp³-hybridized carbons (Fsp3) is 0.103. The van der Waals surface area contributed by atoms with Gasteiger partial charge in [0.05, 0.1) is 34.0 Å². The Labute approximate surface area is 220 Å². The van der Waals surface area contributed by atoms with Crippen LogP contribution >= 0.6 is 11.3 Å². The van der Waals surface area contributed by atoms with E-state index in [4.69, 9.17) is 14.8 Å². The second kappa shape index (κ2) is 10.4. The highest BCUT2D eigenvalue weighted by atomic mass is 32.1. The number of carbonyl (C=O) groups excluding carboxylic acids is 1. The summed E-state index contributed by atoms with van der Waals surface area (Å²) in [5, 5.41) is 9.16. The van der Waals surface area contributed by atoms with Crippen molar-refractivity contribution in [2.45, 2.75) is 13.0 Å². The molecule has 0 saturated carbocycles. The summed E-state index contributed by atoms with van der Waals surface area (Å²) in [6, 6.07) is 20.0. The summed E-state index contributed by atoms with van der Waals surface area (Å²) in [7, 11) is 0. The second-order valence-electron chi connectivity index (χ2n) is 8.41. The van der Waals surface area contributed by atoms with Crippen molar-refractivity contribution in [3.05, 3.63) is 132 Å². The molecule has 9 heteroatoms. The van der Waals surface area contributed by atoms with Gasteiger partial charge in [-0.15, -0.1) is 0 Å². The van der Waals surface area contributed by atoms with Crippen LogP contribution in [-0.2, 0) is 9.53 Å². The van der Waals surface area contributed by atoms with Gasteiger partial charge in [-0.3, -0.25) is 9.36 Å². The molecule has 1 atom stereocenters. The SMILES string of the molecule is CCOC(=O)C1=C(c2ccccc2)N=c2s/c(=C\c3ccc(C(=O)O)cc3)c(=O)n2[C@@H]1c1ccc(F)cc1. The summed E-state index contributed by atoms with van der Waals surface area (Å²) in [6.07, 6.45) is 1.65. The molecule has 0 unspecified atom stereocenters. The van der Waals surface area contributed by atoms with E-state index in [-0.39, 0.29) is 23.3 Å². The van der Waals surface area contributed by atoms with Gasteiger partial charge in [-0.1, -0.05) is 65.9 Å². The molecule has 1 aliphatic rings. The van der Waals surface area contributed by atoms with E-state index in [0.717, 1.165) is 11.3 Å². The largest absolute Gasteiger partial charge is 0.478 e. The van der Waals surface area contributed by atoms with Gasteiger partial charge in [-0.25, -0.2) is 19.0 Å². The lowest BCUT2D eigenvalue weighted by Gasteiger charge is -2.25. The highest BCUT2D eigenvalue weighted by Gasteiger charge is 2.35. The van der Waals surface area contributed by atoms with Gasteiger partial charge in [0.2, 0.25) is 0 Å². The van der Waals surface area contributed by atoms with Gasteiger partial charge >= 0.3 is 11.9 Å². The first kappa shape index (κ1) is 25.0. The molecule has 0 radical (unpaired) electrons. The van der Waals surface area contributed by atoms with Gasteiger partial charge in [0.25, 0.3) is 5.56 Å². The lowest BCUT2D eigenvalue weighted by molar-refractivity contribution is -0.138. The van der Waals surface area contributed by atoms with Crippen molar-refractivity contribution in [3.63, 3.8) is 0 Å². The molecule has 0 fully saturated rings. The van der Waals surface area contributed by atoms with Crippen molar-refractivity contribution >= 4 is 35.0 Å². The molecule has 190 valence electrons. The van der Waals surface area contributed by atoms with Crippen LogP contribution in [0.5, 0.6) is 0 Å². The first-order valence-electron chi connectivity index (χ1n) is 11.7. The zero-order valence-corrected chi connectivity index (χ0v) is 20.9. The molecule has 0 spiro atoms. The molecule has 4 aromatic rings. The number of hydrogen-bond acceptors (Lipinski definition) is 6. The van der Waals surface area contributed by atoms with Crippen LogP contribution in [0.2, 0.25) is 0 Å². The van der Waals surface area contributed by atoms with Crippen LogP contribution in [0.1, 0.15) is 40.0 Å². The summed E-state index contributed by atoms with van der Waals surface area (Å²) in [5.41, 5.74) is 2.12. The van der Waals surface area contributed by atoms with Crippen molar-refractivity contribution in [1.29, 1.82) is 0 Å². The number of hydrogen-bond donors (Lipinski definition) is 1. The molecule has 1 N–H and O–H groups in total. The van der Waals surface area contributed by atoms with Gasteiger partial charge in [-0.05, 0) is 48.4 Å². The number of aromatic carboxylic acids is 1. The molecule has 1 aromatic heterocycles. The number of benzene rings is 3. The highest BCUT2D eigenvalue weighted by Crippen LogP contribution is 2.35. The first-order chi connectivity index (χ1) is 18.4. The maximum Gasteiger partial charge on any atom is 0.338 e. The Balaban J connectivity index is 1.78. The van der Waals surface area contributed by atoms with E-state index in [1.807, 2.05) is 30.3 Å². The summed E-state index contributed by atoms with van der Waals surface area (Å²) in [6.45, 7) is 1.82. The Morgan fingerprint density at radius 1 is 1.05 bits per heavy atom. The van der Waals surface area contributed by atoms with Crippen LogP contribution in [0, 0.1) is 5.82 Å². The molecule has 0 amide bonds. The van der Waals surface area contributed by atoms with E-state index in [2.05, 4.69) is 0 Å². The molecule has 7 nitrogen and oxygen atoms in total. The van der Waals surface area contributed by atoms with Crippen LogP contribution in [0.4, 0.5) is 4.39 Å².